The molecule has 2 rings (SSSR count). The van der Waals surface area contributed by atoms with E-state index in [1.54, 1.807) is 19.9 Å². The summed E-state index contributed by atoms with van der Waals surface area (Å²) in [6.45, 7) is 3.90. The van der Waals surface area contributed by atoms with Crippen molar-refractivity contribution < 1.29 is 17.5 Å². The van der Waals surface area contributed by atoms with E-state index in [1.165, 1.54) is 24.5 Å². The van der Waals surface area contributed by atoms with Crippen molar-refractivity contribution in [3.63, 3.8) is 0 Å². The van der Waals surface area contributed by atoms with Gasteiger partial charge in [0.2, 0.25) is 15.9 Å². The van der Waals surface area contributed by atoms with E-state index in [0.717, 1.165) is 5.56 Å². The van der Waals surface area contributed by atoms with Crippen molar-refractivity contribution in [1.82, 2.24) is 9.97 Å². The third kappa shape index (κ3) is 4.39. The molecule has 0 atom stereocenters. The molecule has 0 aliphatic heterocycles. The highest BCUT2D eigenvalue weighted by Gasteiger charge is 2.16. The van der Waals surface area contributed by atoms with Crippen LogP contribution in [0.5, 0.6) is 5.88 Å². The van der Waals surface area contributed by atoms with E-state index in [9.17, 15) is 12.8 Å². The fourth-order valence-electron chi connectivity index (χ4n) is 1.78. The molecule has 1 aromatic carbocycles. The Morgan fingerprint density at radius 1 is 1.32 bits per heavy atom. The summed E-state index contributed by atoms with van der Waals surface area (Å²) < 4.78 is 45.3. The number of nitrogens with zero attached hydrogens (tertiary/aromatic N) is 2. The van der Waals surface area contributed by atoms with Gasteiger partial charge in [0.25, 0.3) is 0 Å². The van der Waals surface area contributed by atoms with Gasteiger partial charge in [-0.1, -0.05) is 12.1 Å². The molecule has 0 bridgehead atoms. The van der Waals surface area contributed by atoms with Gasteiger partial charge in [-0.05, 0) is 25.5 Å². The van der Waals surface area contributed by atoms with Gasteiger partial charge < -0.3 is 4.74 Å². The Balaban J connectivity index is 2.15. The number of aromatic nitrogens is 2. The van der Waals surface area contributed by atoms with Gasteiger partial charge in [-0.25, -0.2) is 12.8 Å². The molecule has 0 aliphatic carbocycles. The Bertz CT molecular complexity index is 766. The molecule has 8 heteroatoms. The van der Waals surface area contributed by atoms with Crippen LogP contribution >= 0.6 is 0 Å². The van der Waals surface area contributed by atoms with Crippen molar-refractivity contribution in [1.29, 1.82) is 0 Å². The van der Waals surface area contributed by atoms with Crippen molar-refractivity contribution in [2.75, 3.05) is 11.3 Å². The average molecular weight is 325 g/mol. The number of sulfonamides is 1. The lowest BCUT2D eigenvalue weighted by molar-refractivity contribution is 0.326. The molecule has 1 N–H and O–H groups in total. The molecule has 118 valence electrons. The first-order valence-corrected chi connectivity index (χ1v) is 8.25. The van der Waals surface area contributed by atoms with Crippen LogP contribution in [0, 0.1) is 12.7 Å². The fraction of sp³-hybridized carbons (Fsp3) is 0.286. The number of halogens is 1. The topological polar surface area (TPSA) is 81.2 Å². The second-order valence-corrected chi connectivity index (χ2v) is 6.35. The minimum absolute atomic E-state index is 0.0264. The molecule has 2 aromatic rings. The molecule has 22 heavy (non-hydrogen) atoms. The highest BCUT2D eigenvalue weighted by molar-refractivity contribution is 7.91. The Morgan fingerprint density at radius 3 is 2.77 bits per heavy atom. The Kier molecular flexibility index (Phi) is 4.92. The van der Waals surface area contributed by atoms with Gasteiger partial charge in [0.05, 0.1) is 24.8 Å². The zero-order valence-corrected chi connectivity index (χ0v) is 13.0. The highest BCUT2D eigenvalue weighted by Crippen LogP contribution is 2.16. The quantitative estimate of drug-likeness (QED) is 0.881. The molecule has 0 saturated carbocycles. The van der Waals surface area contributed by atoms with Gasteiger partial charge in [-0.2, -0.15) is 4.98 Å². The summed E-state index contributed by atoms with van der Waals surface area (Å²) in [5.41, 5.74) is 0.814. The number of rotatable bonds is 6. The van der Waals surface area contributed by atoms with Gasteiger partial charge in [0.15, 0.2) is 5.82 Å². The minimum Gasteiger partial charge on any atom is -0.477 e. The molecule has 0 unspecified atom stereocenters. The van der Waals surface area contributed by atoms with Gasteiger partial charge in [0, 0.05) is 5.56 Å². The second kappa shape index (κ2) is 6.69. The fourth-order valence-corrected chi connectivity index (χ4v) is 2.92. The van der Waals surface area contributed by atoms with Crippen molar-refractivity contribution in [2.45, 2.75) is 19.6 Å². The first-order chi connectivity index (χ1) is 10.4. The molecular weight excluding hydrogens is 309 g/mol. The van der Waals surface area contributed by atoms with Gasteiger partial charge >= 0.3 is 0 Å². The maximum atomic E-state index is 13.7. The third-order valence-corrected chi connectivity index (χ3v) is 3.93. The van der Waals surface area contributed by atoms with Gasteiger partial charge in [-0.15, -0.1) is 0 Å². The molecule has 0 spiro atoms. The van der Waals surface area contributed by atoms with E-state index in [4.69, 9.17) is 4.74 Å². The SMILES string of the molecule is CCOc1cncc(NS(=O)(=O)Cc2ccc(C)cc2F)n1. The number of nitrogens with one attached hydrogen (secondary N) is 1. The summed E-state index contributed by atoms with van der Waals surface area (Å²) in [4.78, 5) is 7.79. The molecular formula is C14H16FN3O3S. The number of anilines is 1. The maximum absolute atomic E-state index is 13.7. The second-order valence-electron chi connectivity index (χ2n) is 4.63. The smallest absolute Gasteiger partial charge is 0.238 e. The van der Waals surface area contributed by atoms with E-state index in [2.05, 4.69) is 14.7 Å². The first-order valence-electron chi connectivity index (χ1n) is 6.60. The monoisotopic (exact) mass is 325 g/mol. The average Bonchev–Trinajstić information content (AvgIpc) is 2.42. The number of ether oxygens (including phenoxy) is 1. The summed E-state index contributed by atoms with van der Waals surface area (Å²) in [5.74, 6) is -0.804. The number of hydrogen-bond acceptors (Lipinski definition) is 5. The number of benzene rings is 1. The largest absolute Gasteiger partial charge is 0.477 e. The molecule has 0 fully saturated rings. The minimum atomic E-state index is -3.80. The summed E-state index contributed by atoms with van der Waals surface area (Å²) in [7, 11) is -3.80. The standard InChI is InChI=1S/C14H16FN3O3S/c1-3-21-14-8-16-7-13(17-14)18-22(19,20)9-11-5-4-10(2)6-12(11)15/h4-8H,3,9H2,1-2H3,(H,17,18). The molecule has 0 radical (unpaired) electrons. The van der Waals surface area contributed by atoms with Crippen LogP contribution in [0.1, 0.15) is 18.1 Å². The van der Waals surface area contributed by atoms with Crippen molar-refractivity contribution in [3.8, 4) is 5.88 Å². The Morgan fingerprint density at radius 2 is 2.09 bits per heavy atom. The maximum Gasteiger partial charge on any atom is 0.238 e. The van der Waals surface area contributed by atoms with Crippen LogP contribution < -0.4 is 9.46 Å². The van der Waals surface area contributed by atoms with Crippen LogP contribution in [0.25, 0.3) is 0 Å². The lowest BCUT2D eigenvalue weighted by Gasteiger charge is -2.09. The molecule has 0 aliphatic rings. The first kappa shape index (κ1) is 16.2. The van der Waals surface area contributed by atoms with Crippen LogP contribution in [0.2, 0.25) is 0 Å². The highest BCUT2D eigenvalue weighted by atomic mass is 32.2. The summed E-state index contributed by atoms with van der Waals surface area (Å²) in [6, 6.07) is 4.40. The molecule has 1 aromatic heterocycles. The Hall–Kier alpha value is -2.22. The van der Waals surface area contributed by atoms with Crippen LogP contribution in [0.15, 0.2) is 30.6 Å². The van der Waals surface area contributed by atoms with Crippen LogP contribution in [0.4, 0.5) is 10.2 Å². The lowest BCUT2D eigenvalue weighted by atomic mass is 10.2. The van der Waals surface area contributed by atoms with E-state index in [-0.39, 0.29) is 17.3 Å². The van der Waals surface area contributed by atoms with Gasteiger partial charge in [-0.3, -0.25) is 9.71 Å². The molecule has 6 nitrogen and oxygen atoms in total. The number of hydrogen-bond donors (Lipinski definition) is 1. The van der Waals surface area contributed by atoms with Crippen LogP contribution in [-0.4, -0.2) is 25.0 Å². The van der Waals surface area contributed by atoms with E-state index >= 15 is 0 Å². The van der Waals surface area contributed by atoms with E-state index < -0.39 is 21.6 Å². The lowest BCUT2D eigenvalue weighted by Crippen LogP contribution is -2.17. The third-order valence-electron chi connectivity index (χ3n) is 2.72. The number of aryl methyl sites for hydroxylation is 1. The molecule has 0 amide bonds. The van der Waals surface area contributed by atoms with Crippen molar-refractivity contribution in [3.05, 3.63) is 47.5 Å². The van der Waals surface area contributed by atoms with Gasteiger partial charge in [0.1, 0.15) is 5.82 Å². The zero-order chi connectivity index (χ0) is 16.2. The molecule has 1 heterocycles. The predicted molar refractivity (Wildman–Crippen MR) is 80.6 cm³/mol. The zero-order valence-electron chi connectivity index (χ0n) is 12.2. The normalized spacial score (nSPS) is 11.2. The van der Waals surface area contributed by atoms with Crippen molar-refractivity contribution in [2.24, 2.45) is 0 Å². The van der Waals surface area contributed by atoms with E-state index in [1.807, 2.05) is 0 Å². The van der Waals surface area contributed by atoms with Crippen LogP contribution in [0.3, 0.4) is 0 Å². The summed E-state index contributed by atoms with van der Waals surface area (Å²) in [5, 5.41) is 0. The molecule has 0 saturated heterocycles. The van der Waals surface area contributed by atoms with Crippen molar-refractivity contribution >= 4 is 15.8 Å². The van der Waals surface area contributed by atoms with E-state index in [0.29, 0.717) is 6.61 Å². The summed E-state index contributed by atoms with van der Waals surface area (Å²) in [6.07, 6.45) is 2.63. The van der Waals surface area contributed by atoms with Crippen LogP contribution in [-0.2, 0) is 15.8 Å². The predicted octanol–water partition coefficient (Wildman–Crippen LogP) is 2.26. The summed E-state index contributed by atoms with van der Waals surface area (Å²) >= 11 is 0. The Labute approximate surface area is 128 Å².